The van der Waals surface area contributed by atoms with E-state index in [-0.39, 0.29) is 17.9 Å². The smallest absolute Gasteiger partial charge is 0.311 e. The van der Waals surface area contributed by atoms with Gasteiger partial charge in [0, 0.05) is 6.54 Å². The van der Waals surface area contributed by atoms with Gasteiger partial charge in [0.1, 0.15) is 6.61 Å². The molecule has 3 heteroatoms. The fourth-order valence-corrected chi connectivity index (χ4v) is 2.05. The Hall–Kier alpha value is -1.61. The van der Waals surface area contributed by atoms with E-state index >= 15 is 0 Å². The highest BCUT2D eigenvalue weighted by molar-refractivity contribution is 5.75. The molecule has 1 N–H and O–H groups in total. The number of hydrogen-bond acceptors (Lipinski definition) is 3. The molecule has 1 fully saturated rings. The number of esters is 1. The molecule has 1 aromatic rings. The predicted octanol–water partition coefficient (Wildman–Crippen LogP) is 1.89. The molecule has 3 nitrogen and oxygen atoms in total. The molecule has 0 amide bonds. The van der Waals surface area contributed by atoms with Crippen molar-refractivity contribution < 1.29 is 9.53 Å². The zero-order valence-corrected chi connectivity index (χ0v) is 9.76. The molecular weight excluding hydrogens is 214 g/mol. The van der Waals surface area contributed by atoms with E-state index in [0.29, 0.717) is 13.0 Å². The molecule has 90 valence electrons. The third-order valence-corrected chi connectivity index (χ3v) is 3.03. The van der Waals surface area contributed by atoms with Crippen molar-refractivity contribution in [3.8, 4) is 0 Å². The molecule has 1 aliphatic rings. The number of hydrogen-bond donors (Lipinski definition) is 1. The van der Waals surface area contributed by atoms with Gasteiger partial charge in [0.05, 0.1) is 12.0 Å². The molecular formula is C14H17NO2. The van der Waals surface area contributed by atoms with Crippen molar-refractivity contribution in [2.45, 2.75) is 19.0 Å². The molecule has 1 aliphatic heterocycles. The lowest BCUT2D eigenvalue weighted by Crippen LogP contribution is -2.35. The van der Waals surface area contributed by atoms with E-state index in [0.717, 1.165) is 6.54 Å². The molecule has 0 spiro atoms. The zero-order chi connectivity index (χ0) is 12.1. The van der Waals surface area contributed by atoms with E-state index in [2.05, 4.69) is 24.0 Å². The molecule has 0 aliphatic carbocycles. The lowest BCUT2D eigenvalue weighted by atomic mass is 9.99. The van der Waals surface area contributed by atoms with Crippen LogP contribution in [0.3, 0.4) is 0 Å². The second kappa shape index (κ2) is 5.64. The first-order valence-electron chi connectivity index (χ1n) is 5.86. The summed E-state index contributed by atoms with van der Waals surface area (Å²) < 4.78 is 5.07. The highest BCUT2D eigenvalue weighted by Crippen LogP contribution is 2.19. The lowest BCUT2D eigenvalue weighted by Gasteiger charge is -2.15. The molecule has 2 atom stereocenters. The van der Waals surface area contributed by atoms with Gasteiger partial charge in [-0.1, -0.05) is 36.4 Å². The number of allylic oxidation sites excluding steroid dienone is 1. The Labute approximate surface area is 101 Å². The number of rotatable bonds is 5. The Bertz CT molecular complexity index is 388. The number of nitrogens with one attached hydrogen (secondary N) is 1. The van der Waals surface area contributed by atoms with Crippen LogP contribution < -0.4 is 5.32 Å². The van der Waals surface area contributed by atoms with Gasteiger partial charge in [0.25, 0.3) is 0 Å². The molecule has 1 heterocycles. The Morgan fingerprint density at radius 1 is 1.41 bits per heavy atom. The second-order valence-corrected chi connectivity index (χ2v) is 4.23. The van der Waals surface area contributed by atoms with Crippen LogP contribution in [0.15, 0.2) is 43.0 Å². The normalized spacial score (nSPS) is 23.4. The zero-order valence-electron chi connectivity index (χ0n) is 9.76. The summed E-state index contributed by atoms with van der Waals surface area (Å²) in [7, 11) is 0. The van der Waals surface area contributed by atoms with Crippen molar-refractivity contribution in [3.63, 3.8) is 0 Å². The van der Waals surface area contributed by atoms with Gasteiger partial charge < -0.3 is 10.1 Å². The van der Waals surface area contributed by atoms with Gasteiger partial charge in [-0.2, -0.15) is 0 Å². The van der Waals surface area contributed by atoms with Gasteiger partial charge in [-0.3, -0.25) is 4.79 Å². The summed E-state index contributed by atoms with van der Waals surface area (Å²) in [6.45, 7) is 4.90. The van der Waals surface area contributed by atoms with Crippen LogP contribution in [0.4, 0.5) is 0 Å². The van der Waals surface area contributed by atoms with Gasteiger partial charge in [-0.15, -0.1) is 6.58 Å². The maximum absolute atomic E-state index is 11.5. The van der Waals surface area contributed by atoms with Crippen LogP contribution in [0, 0.1) is 5.92 Å². The molecule has 0 radical (unpaired) electrons. The van der Waals surface area contributed by atoms with E-state index in [4.69, 9.17) is 4.74 Å². The third kappa shape index (κ3) is 2.94. The lowest BCUT2D eigenvalue weighted by molar-refractivity contribution is -0.141. The number of carbonyl (C=O) groups is 1. The minimum atomic E-state index is -0.115. The van der Waals surface area contributed by atoms with Gasteiger partial charge >= 0.3 is 5.97 Å². The summed E-state index contributed by atoms with van der Waals surface area (Å²) >= 11 is 0. The Balaban J connectivity index is 1.90. The second-order valence-electron chi connectivity index (χ2n) is 4.23. The number of carbonyl (C=O) groups excluding carboxylic acids is 1. The fraction of sp³-hybridized carbons (Fsp3) is 0.357. The van der Waals surface area contributed by atoms with Gasteiger partial charge in [0.2, 0.25) is 0 Å². The first-order valence-corrected chi connectivity index (χ1v) is 5.86. The Morgan fingerprint density at radius 2 is 2.18 bits per heavy atom. The molecule has 1 saturated heterocycles. The van der Waals surface area contributed by atoms with Gasteiger partial charge in [-0.05, 0) is 12.0 Å². The van der Waals surface area contributed by atoms with E-state index < -0.39 is 0 Å². The van der Waals surface area contributed by atoms with Crippen LogP contribution in [0.5, 0.6) is 0 Å². The summed E-state index contributed by atoms with van der Waals surface area (Å²) in [4.78, 5) is 11.5. The van der Waals surface area contributed by atoms with Gasteiger partial charge in [-0.25, -0.2) is 0 Å². The molecule has 2 rings (SSSR count). The first kappa shape index (κ1) is 11.9. The summed E-state index contributed by atoms with van der Waals surface area (Å²) in [6, 6.07) is 10.2. The van der Waals surface area contributed by atoms with Crippen molar-refractivity contribution in [1.29, 1.82) is 0 Å². The van der Waals surface area contributed by atoms with E-state index in [1.54, 1.807) is 6.08 Å². The van der Waals surface area contributed by atoms with Crippen molar-refractivity contribution in [2.24, 2.45) is 5.92 Å². The predicted molar refractivity (Wildman–Crippen MR) is 66.3 cm³/mol. The summed E-state index contributed by atoms with van der Waals surface area (Å²) in [5, 5.41) is 3.37. The van der Waals surface area contributed by atoms with E-state index in [9.17, 15) is 4.79 Å². The van der Waals surface area contributed by atoms with Crippen LogP contribution in [0.1, 0.15) is 12.0 Å². The third-order valence-electron chi connectivity index (χ3n) is 3.03. The van der Waals surface area contributed by atoms with Crippen molar-refractivity contribution in [1.82, 2.24) is 5.32 Å². The summed E-state index contributed by atoms with van der Waals surface area (Å²) in [5.41, 5.74) is 1.21. The molecule has 17 heavy (non-hydrogen) atoms. The first-order chi connectivity index (χ1) is 8.31. The van der Waals surface area contributed by atoms with Crippen molar-refractivity contribution in [3.05, 3.63) is 48.6 Å². The van der Waals surface area contributed by atoms with Crippen LogP contribution >= 0.6 is 0 Å². The van der Waals surface area contributed by atoms with Crippen LogP contribution in [0.2, 0.25) is 0 Å². The minimum absolute atomic E-state index is 0.0868. The SMILES string of the molecule is C=CC[C@@H]1C(=O)OC[C@H]1NCc1ccccc1. The summed E-state index contributed by atoms with van der Waals surface area (Å²) in [6.07, 6.45) is 2.44. The van der Waals surface area contributed by atoms with Gasteiger partial charge in [0.15, 0.2) is 0 Å². The average Bonchev–Trinajstić information content (AvgIpc) is 2.70. The average molecular weight is 231 g/mol. The fourth-order valence-electron chi connectivity index (χ4n) is 2.05. The highest BCUT2D eigenvalue weighted by atomic mass is 16.5. The Morgan fingerprint density at radius 3 is 2.88 bits per heavy atom. The maximum Gasteiger partial charge on any atom is 0.311 e. The van der Waals surface area contributed by atoms with Crippen LogP contribution in [-0.2, 0) is 16.1 Å². The monoisotopic (exact) mass is 231 g/mol. The number of benzene rings is 1. The van der Waals surface area contributed by atoms with E-state index in [1.807, 2.05) is 18.2 Å². The van der Waals surface area contributed by atoms with Crippen LogP contribution in [0.25, 0.3) is 0 Å². The Kier molecular flexibility index (Phi) is 3.94. The number of cyclic esters (lactones) is 1. The highest BCUT2D eigenvalue weighted by Gasteiger charge is 2.35. The minimum Gasteiger partial charge on any atom is -0.464 e. The van der Waals surface area contributed by atoms with Crippen LogP contribution in [-0.4, -0.2) is 18.6 Å². The number of ether oxygens (including phenoxy) is 1. The largest absolute Gasteiger partial charge is 0.464 e. The molecule has 0 unspecified atom stereocenters. The molecule has 1 aromatic carbocycles. The molecule has 0 aromatic heterocycles. The maximum atomic E-state index is 11.5. The molecule has 0 bridgehead atoms. The standard InChI is InChI=1S/C14H17NO2/c1-2-6-12-13(10-17-14(12)16)15-9-11-7-4-3-5-8-11/h2-5,7-8,12-13,15H,1,6,9-10H2/t12-,13+/m0/s1. The van der Waals surface area contributed by atoms with Crippen molar-refractivity contribution >= 4 is 5.97 Å². The van der Waals surface area contributed by atoms with Crippen molar-refractivity contribution in [2.75, 3.05) is 6.61 Å². The molecule has 0 saturated carbocycles. The topological polar surface area (TPSA) is 38.3 Å². The summed E-state index contributed by atoms with van der Waals surface area (Å²) in [5.74, 6) is -0.202. The quantitative estimate of drug-likeness (QED) is 0.621. The van der Waals surface area contributed by atoms with E-state index in [1.165, 1.54) is 5.56 Å².